The van der Waals surface area contributed by atoms with Crippen molar-refractivity contribution in [2.24, 2.45) is 11.7 Å². The zero-order valence-electron chi connectivity index (χ0n) is 9.85. The molecule has 1 atom stereocenters. The predicted octanol–water partition coefficient (Wildman–Crippen LogP) is -0.366. The van der Waals surface area contributed by atoms with Gasteiger partial charge in [0, 0.05) is 6.04 Å². The zero-order chi connectivity index (χ0) is 13.5. The van der Waals surface area contributed by atoms with E-state index in [1.165, 1.54) is 0 Å². The highest BCUT2D eigenvalue weighted by Gasteiger charge is 2.33. The van der Waals surface area contributed by atoms with E-state index in [1.807, 2.05) is 0 Å². The number of amides is 3. The summed E-state index contributed by atoms with van der Waals surface area (Å²) in [4.78, 5) is 32.3. The molecule has 0 saturated heterocycles. The van der Waals surface area contributed by atoms with Crippen molar-refractivity contribution < 1.29 is 24.2 Å². The van der Waals surface area contributed by atoms with Gasteiger partial charge >= 0.3 is 18.1 Å². The summed E-state index contributed by atoms with van der Waals surface area (Å²) in [5, 5.41) is 13.8. The summed E-state index contributed by atoms with van der Waals surface area (Å²) in [6.45, 7) is 0.106. The minimum Gasteiger partial charge on any atom is -0.481 e. The first-order chi connectivity index (χ1) is 8.49. The number of nitrogens with two attached hydrogens (primary N) is 1. The van der Waals surface area contributed by atoms with Crippen molar-refractivity contribution in [1.29, 1.82) is 0 Å². The first-order valence-corrected chi connectivity index (χ1v) is 5.67. The number of rotatable bonds is 7. The number of aliphatic carboxylic acids is 1. The molecule has 102 valence electrons. The molecule has 5 N–H and O–H groups in total. The summed E-state index contributed by atoms with van der Waals surface area (Å²) in [5.74, 6) is -0.696. The molecule has 0 aromatic carbocycles. The van der Waals surface area contributed by atoms with E-state index >= 15 is 0 Å². The molecule has 0 radical (unpaired) electrons. The van der Waals surface area contributed by atoms with E-state index in [4.69, 9.17) is 10.8 Å². The summed E-state index contributed by atoms with van der Waals surface area (Å²) >= 11 is 0. The van der Waals surface area contributed by atoms with Gasteiger partial charge in [0.05, 0.1) is 13.0 Å². The van der Waals surface area contributed by atoms with Crippen LogP contribution in [-0.2, 0) is 9.53 Å². The maximum absolute atomic E-state index is 11.4. The summed E-state index contributed by atoms with van der Waals surface area (Å²) < 4.78 is 4.42. The standard InChI is InChI=1S/C10H17N3O5/c11-9(16)18-4-3-12-10(17)13-7(5-8(14)15)6-1-2-6/h6-7H,1-5H2,(H2,11,16)(H,14,15)(H2,12,13,17). The molecule has 0 aromatic rings. The lowest BCUT2D eigenvalue weighted by Gasteiger charge is -2.16. The summed E-state index contributed by atoms with van der Waals surface area (Å²) in [6.07, 6.45) is 0.876. The maximum atomic E-state index is 11.4. The van der Waals surface area contributed by atoms with E-state index in [0.717, 1.165) is 12.8 Å². The Morgan fingerprint density at radius 3 is 2.56 bits per heavy atom. The van der Waals surface area contributed by atoms with E-state index in [-0.39, 0.29) is 31.5 Å². The molecule has 1 aliphatic rings. The first kappa shape index (κ1) is 14.1. The maximum Gasteiger partial charge on any atom is 0.404 e. The molecule has 3 amide bonds. The molecule has 1 saturated carbocycles. The van der Waals surface area contributed by atoms with Crippen LogP contribution < -0.4 is 16.4 Å². The Morgan fingerprint density at radius 2 is 2.06 bits per heavy atom. The van der Waals surface area contributed by atoms with Gasteiger partial charge in [-0.2, -0.15) is 0 Å². The third-order valence-electron chi connectivity index (χ3n) is 2.53. The fourth-order valence-corrected chi connectivity index (χ4v) is 1.56. The summed E-state index contributed by atoms with van der Waals surface area (Å²) in [6, 6.07) is -0.819. The van der Waals surface area contributed by atoms with Crippen molar-refractivity contribution in [3.63, 3.8) is 0 Å². The van der Waals surface area contributed by atoms with E-state index in [0.29, 0.717) is 0 Å². The van der Waals surface area contributed by atoms with Crippen molar-refractivity contribution in [2.45, 2.75) is 25.3 Å². The van der Waals surface area contributed by atoms with Crippen LogP contribution in [0.15, 0.2) is 0 Å². The van der Waals surface area contributed by atoms with Crippen LogP contribution in [0.3, 0.4) is 0 Å². The molecule has 0 aliphatic heterocycles. The van der Waals surface area contributed by atoms with Crippen molar-refractivity contribution in [1.82, 2.24) is 10.6 Å². The number of urea groups is 1. The topological polar surface area (TPSA) is 131 Å². The lowest BCUT2D eigenvalue weighted by Crippen LogP contribution is -2.45. The largest absolute Gasteiger partial charge is 0.481 e. The molecule has 0 heterocycles. The Balaban J connectivity index is 2.20. The normalized spacial score (nSPS) is 15.6. The van der Waals surface area contributed by atoms with Crippen LogP contribution in [0.2, 0.25) is 0 Å². The molecule has 18 heavy (non-hydrogen) atoms. The fraction of sp³-hybridized carbons (Fsp3) is 0.700. The second-order valence-electron chi connectivity index (χ2n) is 4.11. The highest BCUT2D eigenvalue weighted by atomic mass is 16.5. The van der Waals surface area contributed by atoms with Crippen molar-refractivity contribution >= 4 is 18.1 Å². The number of primary amides is 1. The highest BCUT2D eigenvalue weighted by Crippen LogP contribution is 2.33. The molecule has 0 bridgehead atoms. The van der Waals surface area contributed by atoms with Gasteiger partial charge in [-0.1, -0.05) is 0 Å². The Labute approximate surface area is 104 Å². The van der Waals surface area contributed by atoms with Crippen LogP contribution in [0.25, 0.3) is 0 Å². The lowest BCUT2D eigenvalue weighted by molar-refractivity contribution is -0.137. The Morgan fingerprint density at radius 1 is 1.39 bits per heavy atom. The number of hydrogen-bond donors (Lipinski definition) is 4. The Hall–Kier alpha value is -1.99. The molecular weight excluding hydrogens is 242 g/mol. The minimum atomic E-state index is -0.940. The average Bonchev–Trinajstić information content (AvgIpc) is 3.06. The number of carboxylic acid groups (broad SMARTS) is 1. The van der Waals surface area contributed by atoms with E-state index in [2.05, 4.69) is 15.4 Å². The van der Waals surface area contributed by atoms with Gasteiger partial charge in [-0.15, -0.1) is 0 Å². The smallest absolute Gasteiger partial charge is 0.404 e. The van der Waals surface area contributed by atoms with Gasteiger partial charge in [-0.3, -0.25) is 4.79 Å². The van der Waals surface area contributed by atoms with Crippen LogP contribution in [0.4, 0.5) is 9.59 Å². The van der Waals surface area contributed by atoms with Gasteiger partial charge in [-0.05, 0) is 18.8 Å². The van der Waals surface area contributed by atoms with Gasteiger partial charge in [0.2, 0.25) is 0 Å². The second-order valence-corrected chi connectivity index (χ2v) is 4.11. The van der Waals surface area contributed by atoms with Crippen LogP contribution in [0.5, 0.6) is 0 Å². The van der Waals surface area contributed by atoms with Crippen LogP contribution in [-0.4, -0.2) is 42.4 Å². The van der Waals surface area contributed by atoms with E-state index in [1.54, 1.807) is 0 Å². The minimum absolute atomic E-state index is 0.0181. The van der Waals surface area contributed by atoms with Crippen molar-refractivity contribution in [3.05, 3.63) is 0 Å². The predicted molar refractivity (Wildman–Crippen MR) is 60.8 cm³/mol. The number of carbonyl (C=O) groups is 3. The summed E-state index contributed by atoms with van der Waals surface area (Å²) in [5.41, 5.74) is 4.74. The molecule has 1 rings (SSSR count). The molecule has 1 fully saturated rings. The average molecular weight is 259 g/mol. The molecule has 0 aromatic heterocycles. The molecule has 8 nitrogen and oxygen atoms in total. The van der Waals surface area contributed by atoms with E-state index in [9.17, 15) is 14.4 Å². The number of nitrogens with one attached hydrogen (secondary N) is 2. The third kappa shape index (κ3) is 5.92. The van der Waals surface area contributed by atoms with Crippen molar-refractivity contribution in [3.8, 4) is 0 Å². The zero-order valence-corrected chi connectivity index (χ0v) is 9.85. The van der Waals surface area contributed by atoms with E-state index < -0.39 is 18.1 Å². The number of carboxylic acids is 1. The van der Waals surface area contributed by atoms with Gasteiger partial charge in [0.1, 0.15) is 6.61 Å². The van der Waals surface area contributed by atoms with Crippen LogP contribution in [0, 0.1) is 5.92 Å². The van der Waals surface area contributed by atoms with Gasteiger partial charge in [-0.25, -0.2) is 9.59 Å². The number of hydrogen-bond acceptors (Lipinski definition) is 4. The second kappa shape index (κ2) is 6.67. The van der Waals surface area contributed by atoms with Crippen LogP contribution >= 0.6 is 0 Å². The van der Waals surface area contributed by atoms with Gasteiger partial charge in [0.25, 0.3) is 0 Å². The lowest BCUT2D eigenvalue weighted by atomic mass is 10.1. The molecule has 0 spiro atoms. The first-order valence-electron chi connectivity index (χ1n) is 5.67. The number of carbonyl (C=O) groups excluding carboxylic acids is 2. The number of ether oxygens (including phenoxy) is 1. The summed E-state index contributed by atoms with van der Waals surface area (Å²) in [7, 11) is 0. The van der Waals surface area contributed by atoms with Crippen molar-refractivity contribution in [2.75, 3.05) is 13.2 Å². The third-order valence-corrected chi connectivity index (χ3v) is 2.53. The van der Waals surface area contributed by atoms with Gasteiger partial charge < -0.3 is 26.2 Å². The molecule has 8 heteroatoms. The monoisotopic (exact) mass is 259 g/mol. The molecule has 1 aliphatic carbocycles. The SMILES string of the molecule is NC(=O)OCCNC(=O)NC(CC(=O)O)C1CC1. The Bertz CT molecular complexity index is 329. The molecule has 1 unspecified atom stereocenters. The molecular formula is C10H17N3O5. The Kier molecular flexibility index (Phi) is 5.22. The van der Waals surface area contributed by atoms with Crippen LogP contribution in [0.1, 0.15) is 19.3 Å². The quantitative estimate of drug-likeness (QED) is 0.463. The van der Waals surface area contributed by atoms with Gasteiger partial charge in [0.15, 0.2) is 0 Å². The highest BCUT2D eigenvalue weighted by molar-refractivity contribution is 5.75. The fourth-order valence-electron chi connectivity index (χ4n) is 1.56.